The summed E-state index contributed by atoms with van der Waals surface area (Å²) in [4.78, 5) is 24.7. The van der Waals surface area contributed by atoms with E-state index in [1.54, 1.807) is 69.7 Å². The monoisotopic (exact) mass is 544 g/mol. The average Bonchev–Trinajstić information content (AvgIpc) is 3.42. The van der Waals surface area contributed by atoms with E-state index < -0.39 is 11.9 Å². The maximum Gasteiger partial charge on any atom is 0.346 e. The van der Waals surface area contributed by atoms with E-state index in [1.165, 1.54) is 50.5 Å². The van der Waals surface area contributed by atoms with Crippen LogP contribution >= 0.6 is 105 Å². The summed E-state index contributed by atoms with van der Waals surface area (Å²) in [5, 5.41) is 0. The largest absolute Gasteiger partial charge is 0.465 e. The predicted octanol–water partition coefficient (Wildman–Crippen LogP) is 5.04. The molecular formula is C15H12O4S9. The molecule has 2 aliphatic rings. The van der Waals surface area contributed by atoms with Crippen molar-refractivity contribution in [1.29, 1.82) is 0 Å². The lowest BCUT2D eigenvalue weighted by Gasteiger charge is -2.00. The van der Waals surface area contributed by atoms with Crippen LogP contribution in [0.2, 0.25) is 0 Å². The molecule has 4 nitrogen and oxygen atoms in total. The fraction of sp³-hybridized carbons (Fsp3) is 0.267. The lowest BCUT2D eigenvalue weighted by molar-refractivity contribution is -0.138. The first kappa shape index (κ1) is 23.2. The van der Waals surface area contributed by atoms with Gasteiger partial charge >= 0.3 is 11.9 Å². The van der Waals surface area contributed by atoms with Crippen molar-refractivity contribution >= 4 is 126 Å². The first-order valence-electron chi connectivity index (χ1n) is 7.26. The Morgan fingerprint density at radius 1 is 0.821 bits per heavy atom. The van der Waals surface area contributed by atoms with Crippen LogP contribution < -0.4 is 8.38 Å². The van der Waals surface area contributed by atoms with Crippen LogP contribution in [0.15, 0.2) is 18.3 Å². The van der Waals surface area contributed by atoms with Crippen LogP contribution in [0, 0.1) is 3.82 Å². The minimum atomic E-state index is -0.547. The Morgan fingerprint density at radius 3 is 1.75 bits per heavy atom. The summed E-state index contributed by atoms with van der Waals surface area (Å²) >= 11 is 18.3. The Labute approximate surface area is 200 Å². The van der Waals surface area contributed by atoms with Gasteiger partial charge in [-0.2, -0.15) is 0 Å². The van der Waals surface area contributed by atoms with Crippen LogP contribution in [0.25, 0.3) is 8.47 Å². The number of carbonyl (C=O) groups excluding carboxylic acids is 2. The molecule has 0 spiro atoms. The maximum absolute atomic E-state index is 12.1. The van der Waals surface area contributed by atoms with E-state index in [1.807, 2.05) is 0 Å². The molecule has 28 heavy (non-hydrogen) atoms. The highest BCUT2D eigenvalue weighted by Crippen LogP contribution is 2.57. The number of rotatable bonds is 4. The number of thioether (sulfide) groups is 6. The Bertz CT molecular complexity index is 1030. The molecule has 0 unspecified atom stereocenters. The molecule has 0 N–H and O–H groups in total. The van der Waals surface area contributed by atoms with Crippen molar-refractivity contribution in [3.8, 4) is 0 Å². The predicted molar refractivity (Wildman–Crippen MR) is 135 cm³/mol. The molecule has 150 valence electrons. The fourth-order valence-electron chi connectivity index (χ4n) is 1.95. The number of methoxy groups -OCH3 is 2. The molecule has 0 radical (unpaired) electrons. The lowest BCUT2D eigenvalue weighted by atomic mass is 10.5. The van der Waals surface area contributed by atoms with Gasteiger partial charge in [0.05, 0.1) is 35.7 Å². The van der Waals surface area contributed by atoms with Gasteiger partial charge in [-0.05, 0) is 12.5 Å². The molecule has 0 fully saturated rings. The van der Waals surface area contributed by atoms with E-state index >= 15 is 0 Å². The lowest BCUT2D eigenvalue weighted by Crippen LogP contribution is -2.08. The number of hydrogen-bond donors (Lipinski definition) is 0. The highest BCUT2D eigenvalue weighted by Gasteiger charge is 2.33. The van der Waals surface area contributed by atoms with Gasteiger partial charge in [0.25, 0.3) is 0 Å². The number of ether oxygens (including phenoxy) is 2. The Kier molecular flexibility index (Phi) is 8.47. The van der Waals surface area contributed by atoms with Gasteiger partial charge in [-0.3, -0.25) is 0 Å². The summed E-state index contributed by atoms with van der Waals surface area (Å²) in [7, 11) is 2.59. The third-order valence-electron chi connectivity index (χ3n) is 3.16. The number of esters is 2. The zero-order chi connectivity index (χ0) is 20.4. The van der Waals surface area contributed by atoms with E-state index in [-0.39, 0.29) is 9.81 Å². The Balaban J connectivity index is 2.04. The normalized spacial score (nSPS) is 17.0. The third-order valence-corrected chi connectivity index (χ3v) is 14.7. The van der Waals surface area contributed by atoms with Crippen molar-refractivity contribution in [1.82, 2.24) is 0 Å². The molecule has 0 amide bonds. The molecule has 1 aromatic heterocycles. The minimum Gasteiger partial charge on any atom is -0.465 e. The smallest absolute Gasteiger partial charge is 0.346 e. The van der Waals surface area contributed by atoms with Crippen molar-refractivity contribution in [3.05, 3.63) is 30.5 Å². The molecule has 13 heteroatoms. The zero-order valence-electron chi connectivity index (χ0n) is 14.8. The van der Waals surface area contributed by atoms with Crippen molar-refractivity contribution in [2.75, 3.05) is 26.7 Å². The van der Waals surface area contributed by atoms with Gasteiger partial charge in [0, 0.05) is 0 Å². The summed E-state index contributed by atoms with van der Waals surface area (Å²) in [5.41, 5.74) is 0. The second kappa shape index (κ2) is 10.2. The molecule has 0 saturated heterocycles. The van der Waals surface area contributed by atoms with Crippen molar-refractivity contribution < 1.29 is 19.1 Å². The van der Waals surface area contributed by atoms with Gasteiger partial charge in [0.2, 0.25) is 0 Å². The second-order valence-corrected chi connectivity index (χ2v) is 14.4. The van der Waals surface area contributed by atoms with E-state index in [4.69, 9.17) is 21.7 Å². The minimum absolute atomic E-state index is 0.247. The van der Waals surface area contributed by atoms with Crippen LogP contribution in [-0.2, 0) is 19.1 Å². The van der Waals surface area contributed by atoms with Crippen LogP contribution in [0.3, 0.4) is 0 Å². The van der Waals surface area contributed by atoms with Gasteiger partial charge in [-0.25, -0.2) is 9.59 Å². The van der Waals surface area contributed by atoms with E-state index in [0.29, 0.717) is 0 Å². The first-order valence-corrected chi connectivity index (χ1v) is 15.0. The molecule has 0 atom stereocenters. The topological polar surface area (TPSA) is 52.6 Å². The molecule has 0 bridgehead atoms. The van der Waals surface area contributed by atoms with Crippen LogP contribution in [0.1, 0.15) is 0 Å². The Hall–Kier alpha value is 0.530. The van der Waals surface area contributed by atoms with Crippen LogP contribution in [-0.4, -0.2) is 38.7 Å². The standard InChI is InChI=1S/C15H12O4S9/c1-18-8(16)5-6(9(17)19-2)24-11(23-5)7-10(20)26-14(25-7)15-27-12(21-3)13(22-4)28-15/h1-4H3. The first-order chi connectivity index (χ1) is 13.4. The summed E-state index contributed by atoms with van der Waals surface area (Å²) < 4.78 is 17.1. The van der Waals surface area contributed by atoms with Crippen LogP contribution in [0.5, 0.6) is 0 Å². The third kappa shape index (κ3) is 4.72. The fourth-order valence-corrected chi connectivity index (χ4v) is 13.2. The maximum atomic E-state index is 12.1. The van der Waals surface area contributed by atoms with Gasteiger partial charge < -0.3 is 9.47 Å². The molecule has 2 aliphatic heterocycles. The van der Waals surface area contributed by atoms with Gasteiger partial charge in [0.1, 0.15) is 17.5 Å². The summed E-state index contributed by atoms with van der Waals surface area (Å²) in [6.07, 6.45) is 4.17. The van der Waals surface area contributed by atoms with E-state index in [9.17, 15) is 9.59 Å². The summed E-state index contributed by atoms with van der Waals surface area (Å²) in [6.45, 7) is 0. The van der Waals surface area contributed by atoms with Crippen LogP contribution in [0.4, 0.5) is 0 Å². The molecule has 3 heterocycles. The van der Waals surface area contributed by atoms with Gasteiger partial charge in [-0.15, -0.1) is 46.2 Å². The molecule has 0 aliphatic carbocycles. The van der Waals surface area contributed by atoms with Gasteiger partial charge in [0.15, 0.2) is 0 Å². The molecule has 1 aromatic rings. The molecule has 0 aromatic carbocycles. The molecular weight excluding hydrogens is 533 g/mol. The SMILES string of the molecule is COC(=O)C1=C(C(=O)OC)SC(=c2sc(=C3SC(SC)=C(SC)S3)sc2=S)S1. The second-order valence-electron chi connectivity index (χ2n) is 4.72. The molecule has 3 rings (SSSR count). The summed E-state index contributed by atoms with van der Waals surface area (Å²) in [5.74, 6) is -1.09. The number of hydrogen-bond acceptors (Lipinski definition) is 13. The summed E-state index contributed by atoms with van der Waals surface area (Å²) in [6, 6.07) is 0. The quantitative estimate of drug-likeness (QED) is 0.378. The zero-order valence-corrected chi connectivity index (χ0v) is 22.2. The highest BCUT2D eigenvalue weighted by molar-refractivity contribution is 8.45. The Morgan fingerprint density at radius 2 is 1.32 bits per heavy atom. The van der Waals surface area contributed by atoms with E-state index in [0.717, 1.165) is 16.4 Å². The molecule has 0 saturated carbocycles. The highest BCUT2D eigenvalue weighted by atomic mass is 32.3. The van der Waals surface area contributed by atoms with E-state index in [2.05, 4.69) is 12.5 Å². The number of carbonyl (C=O) groups is 2. The van der Waals surface area contributed by atoms with Crippen molar-refractivity contribution in [2.45, 2.75) is 0 Å². The van der Waals surface area contributed by atoms with Crippen molar-refractivity contribution in [3.63, 3.8) is 0 Å². The van der Waals surface area contributed by atoms with Gasteiger partial charge in [-0.1, -0.05) is 59.3 Å². The van der Waals surface area contributed by atoms with Crippen molar-refractivity contribution in [2.24, 2.45) is 0 Å². The average molecular weight is 545 g/mol.